The van der Waals surface area contributed by atoms with Gasteiger partial charge in [0, 0.05) is 24.9 Å². The number of hydrogen-bond donors (Lipinski definition) is 1. The molecule has 0 saturated heterocycles. The van der Waals surface area contributed by atoms with Crippen LogP contribution in [0.25, 0.3) is 0 Å². The van der Waals surface area contributed by atoms with Gasteiger partial charge in [0.2, 0.25) is 0 Å². The molecule has 0 saturated carbocycles. The van der Waals surface area contributed by atoms with Gasteiger partial charge in [-0.15, -0.1) is 0 Å². The van der Waals surface area contributed by atoms with E-state index in [2.05, 4.69) is 12.2 Å². The van der Waals surface area contributed by atoms with Gasteiger partial charge in [0.05, 0.1) is 6.61 Å². The molecule has 0 radical (unpaired) electrons. The Hall–Kier alpha value is -2.00. The molecule has 1 unspecified atom stereocenters. The number of ether oxygens (including phenoxy) is 2. The largest absolute Gasteiger partial charge is 0.457 e. The van der Waals surface area contributed by atoms with Crippen molar-refractivity contribution in [2.45, 2.75) is 13.0 Å². The van der Waals surface area contributed by atoms with E-state index in [1.807, 2.05) is 54.6 Å². The zero-order chi connectivity index (χ0) is 13.5. The van der Waals surface area contributed by atoms with Gasteiger partial charge in [0.25, 0.3) is 0 Å². The maximum Gasteiger partial charge on any atom is 0.129 e. The topological polar surface area (TPSA) is 30.5 Å². The summed E-state index contributed by atoms with van der Waals surface area (Å²) < 4.78 is 10.9. The molecular weight excluding hydrogens is 238 g/mol. The van der Waals surface area contributed by atoms with E-state index >= 15 is 0 Å². The van der Waals surface area contributed by atoms with Crippen LogP contribution in [-0.4, -0.2) is 19.8 Å². The standard InChI is InChI=1S/C16H19NO2/c1-13(12-18-2)17-14-7-6-10-16(11-14)19-15-8-4-3-5-9-15/h3-11,13,17H,12H2,1-2H3. The molecule has 0 spiro atoms. The van der Waals surface area contributed by atoms with Crippen molar-refractivity contribution < 1.29 is 9.47 Å². The summed E-state index contributed by atoms with van der Waals surface area (Å²) in [6, 6.07) is 17.9. The fourth-order valence-corrected chi connectivity index (χ4v) is 1.85. The van der Waals surface area contributed by atoms with E-state index in [0.717, 1.165) is 17.2 Å². The Morgan fingerprint density at radius 1 is 1.00 bits per heavy atom. The van der Waals surface area contributed by atoms with Gasteiger partial charge < -0.3 is 14.8 Å². The third-order valence-corrected chi connectivity index (χ3v) is 2.64. The molecule has 0 fully saturated rings. The number of methoxy groups -OCH3 is 1. The Balaban J connectivity index is 2.03. The summed E-state index contributed by atoms with van der Waals surface area (Å²) in [6.07, 6.45) is 0. The minimum absolute atomic E-state index is 0.261. The molecule has 0 heterocycles. The number of rotatable bonds is 6. The highest BCUT2D eigenvalue weighted by atomic mass is 16.5. The third-order valence-electron chi connectivity index (χ3n) is 2.64. The van der Waals surface area contributed by atoms with Gasteiger partial charge in [-0.3, -0.25) is 0 Å². The lowest BCUT2D eigenvalue weighted by Gasteiger charge is -2.15. The molecule has 0 aliphatic rings. The second-order valence-electron chi connectivity index (χ2n) is 4.44. The van der Waals surface area contributed by atoms with E-state index < -0.39 is 0 Å². The average Bonchev–Trinajstić information content (AvgIpc) is 2.40. The van der Waals surface area contributed by atoms with Gasteiger partial charge >= 0.3 is 0 Å². The second-order valence-corrected chi connectivity index (χ2v) is 4.44. The van der Waals surface area contributed by atoms with E-state index in [4.69, 9.17) is 9.47 Å². The Kier molecular flexibility index (Phi) is 4.81. The zero-order valence-electron chi connectivity index (χ0n) is 11.3. The van der Waals surface area contributed by atoms with Crippen molar-refractivity contribution in [3.63, 3.8) is 0 Å². The lowest BCUT2D eigenvalue weighted by molar-refractivity contribution is 0.190. The molecule has 0 bridgehead atoms. The first-order chi connectivity index (χ1) is 9.28. The molecule has 3 nitrogen and oxygen atoms in total. The summed E-state index contributed by atoms with van der Waals surface area (Å²) in [7, 11) is 1.70. The van der Waals surface area contributed by atoms with Crippen LogP contribution in [-0.2, 0) is 4.74 Å². The fourth-order valence-electron chi connectivity index (χ4n) is 1.85. The molecule has 3 heteroatoms. The van der Waals surface area contributed by atoms with Crippen molar-refractivity contribution in [1.82, 2.24) is 0 Å². The van der Waals surface area contributed by atoms with E-state index in [1.165, 1.54) is 0 Å². The molecule has 2 rings (SSSR count). The molecule has 1 atom stereocenters. The van der Waals surface area contributed by atoms with E-state index in [-0.39, 0.29) is 6.04 Å². The number of benzene rings is 2. The van der Waals surface area contributed by atoms with Gasteiger partial charge in [-0.25, -0.2) is 0 Å². The Morgan fingerprint density at radius 2 is 1.74 bits per heavy atom. The predicted octanol–water partition coefficient (Wildman–Crippen LogP) is 3.93. The molecule has 2 aromatic rings. The Morgan fingerprint density at radius 3 is 2.47 bits per heavy atom. The van der Waals surface area contributed by atoms with E-state index in [1.54, 1.807) is 7.11 Å². The molecule has 0 aliphatic carbocycles. The first-order valence-electron chi connectivity index (χ1n) is 6.36. The Bertz CT molecular complexity index is 499. The van der Waals surface area contributed by atoms with Crippen LogP contribution in [0.4, 0.5) is 5.69 Å². The molecular formula is C16H19NO2. The van der Waals surface area contributed by atoms with Crippen molar-refractivity contribution >= 4 is 5.69 Å². The number of hydrogen-bond acceptors (Lipinski definition) is 3. The lowest BCUT2D eigenvalue weighted by Crippen LogP contribution is -2.20. The molecule has 0 aromatic heterocycles. The van der Waals surface area contributed by atoms with Crippen LogP contribution in [0.5, 0.6) is 11.5 Å². The molecule has 1 N–H and O–H groups in total. The zero-order valence-corrected chi connectivity index (χ0v) is 11.3. The quantitative estimate of drug-likeness (QED) is 0.850. The van der Waals surface area contributed by atoms with Crippen LogP contribution in [0.2, 0.25) is 0 Å². The first kappa shape index (κ1) is 13.4. The third kappa shape index (κ3) is 4.30. The maximum absolute atomic E-state index is 5.79. The Labute approximate surface area is 114 Å². The summed E-state index contributed by atoms with van der Waals surface area (Å²) in [5.74, 6) is 1.66. The molecule has 2 aromatic carbocycles. The fraction of sp³-hybridized carbons (Fsp3) is 0.250. The van der Waals surface area contributed by atoms with Crippen LogP contribution in [0, 0.1) is 0 Å². The van der Waals surface area contributed by atoms with Gasteiger partial charge in [-0.2, -0.15) is 0 Å². The smallest absolute Gasteiger partial charge is 0.129 e. The summed E-state index contributed by atoms with van der Waals surface area (Å²) in [5, 5.41) is 3.36. The maximum atomic E-state index is 5.79. The highest BCUT2D eigenvalue weighted by Gasteiger charge is 2.03. The highest BCUT2D eigenvalue weighted by Crippen LogP contribution is 2.24. The number of anilines is 1. The summed E-state index contributed by atoms with van der Waals surface area (Å²) in [5.41, 5.74) is 1.03. The van der Waals surface area contributed by atoms with Crippen LogP contribution in [0.3, 0.4) is 0 Å². The van der Waals surface area contributed by atoms with Crippen molar-refractivity contribution in [3.05, 3.63) is 54.6 Å². The first-order valence-corrected chi connectivity index (χ1v) is 6.36. The summed E-state index contributed by atoms with van der Waals surface area (Å²) >= 11 is 0. The van der Waals surface area contributed by atoms with Crippen LogP contribution >= 0.6 is 0 Å². The van der Waals surface area contributed by atoms with Crippen LogP contribution in [0.1, 0.15) is 6.92 Å². The van der Waals surface area contributed by atoms with Crippen LogP contribution < -0.4 is 10.1 Å². The summed E-state index contributed by atoms with van der Waals surface area (Å²) in [6.45, 7) is 2.75. The van der Waals surface area contributed by atoms with E-state index in [0.29, 0.717) is 6.61 Å². The van der Waals surface area contributed by atoms with Gasteiger partial charge in [-0.1, -0.05) is 24.3 Å². The minimum Gasteiger partial charge on any atom is -0.457 e. The van der Waals surface area contributed by atoms with Gasteiger partial charge in [0.15, 0.2) is 0 Å². The normalized spacial score (nSPS) is 11.9. The van der Waals surface area contributed by atoms with Crippen LogP contribution in [0.15, 0.2) is 54.6 Å². The lowest BCUT2D eigenvalue weighted by atomic mass is 10.2. The minimum atomic E-state index is 0.261. The average molecular weight is 257 g/mol. The second kappa shape index (κ2) is 6.81. The number of nitrogens with one attached hydrogen (secondary N) is 1. The molecule has 19 heavy (non-hydrogen) atoms. The molecule has 100 valence electrons. The van der Waals surface area contributed by atoms with Crippen molar-refractivity contribution in [3.8, 4) is 11.5 Å². The van der Waals surface area contributed by atoms with E-state index in [9.17, 15) is 0 Å². The van der Waals surface area contributed by atoms with Crippen molar-refractivity contribution in [2.75, 3.05) is 19.0 Å². The monoisotopic (exact) mass is 257 g/mol. The highest BCUT2D eigenvalue weighted by molar-refractivity contribution is 5.49. The number of para-hydroxylation sites is 1. The van der Waals surface area contributed by atoms with Gasteiger partial charge in [0.1, 0.15) is 11.5 Å². The predicted molar refractivity (Wildman–Crippen MR) is 77.9 cm³/mol. The van der Waals surface area contributed by atoms with Gasteiger partial charge in [-0.05, 0) is 31.2 Å². The molecule has 0 aliphatic heterocycles. The molecule has 0 amide bonds. The van der Waals surface area contributed by atoms with Crippen molar-refractivity contribution in [1.29, 1.82) is 0 Å². The summed E-state index contributed by atoms with van der Waals surface area (Å²) in [4.78, 5) is 0. The SMILES string of the molecule is COCC(C)Nc1cccc(Oc2ccccc2)c1. The van der Waals surface area contributed by atoms with Crippen molar-refractivity contribution in [2.24, 2.45) is 0 Å².